The molecule has 2 aromatic carbocycles. The number of carbonyl (C=O) groups excluding carboxylic acids is 2. The van der Waals surface area contributed by atoms with Gasteiger partial charge in [0.1, 0.15) is 5.75 Å². The molecule has 0 radical (unpaired) electrons. The zero-order valence-corrected chi connectivity index (χ0v) is 17.8. The van der Waals surface area contributed by atoms with Crippen molar-refractivity contribution in [3.63, 3.8) is 0 Å². The summed E-state index contributed by atoms with van der Waals surface area (Å²) in [6, 6.07) is 15.3. The molecule has 7 nitrogen and oxygen atoms in total. The molecule has 160 valence electrons. The third-order valence-electron chi connectivity index (χ3n) is 5.58. The maximum absolute atomic E-state index is 13.3. The first-order valence-corrected chi connectivity index (χ1v) is 11.3. The fourth-order valence-electron chi connectivity index (χ4n) is 4.00. The third kappa shape index (κ3) is 4.13. The van der Waals surface area contributed by atoms with Crippen molar-refractivity contribution in [3.05, 3.63) is 48.5 Å². The predicted molar refractivity (Wildman–Crippen MR) is 120 cm³/mol. The number of carbonyl (C=O) groups is 2. The summed E-state index contributed by atoms with van der Waals surface area (Å²) in [7, 11) is 0. The highest BCUT2D eigenvalue weighted by Crippen LogP contribution is 2.33. The summed E-state index contributed by atoms with van der Waals surface area (Å²) in [6.07, 6.45) is 2.15. The van der Waals surface area contributed by atoms with Crippen LogP contribution in [0.2, 0.25) is 0 Å². The molecular formula is C23H23N3O4S. The van der Waals surface area contributed by atoms with Gasteiger partial charge in [0.05, 0.1) is 28.6 Å². The molecule has 3 aromatic rings. The molecular weight excluding hydrogens is 414 g/mol. The van der Waals surface area contributed by atoms with Gasteiger partial charge in [0.2, 0.25) is 5.91 Å². The molecule has 0 aliphatic carbocycles. The van der Waals surface area contributed by atoms with Gasteiger partial charge in [-0.3, -0.25) is 14.5 Å². The lowest BCUT2D eigenvalue weighted by Gasteiger charge is -2.30. The average molecular weight is 438 g/mol. The zero-order chi connectivity index (χ0) is 21.2. The molecule has 3 heterocycles. The number of para-hydroxylation sites is 3. The standard InChI is InChI=1S/C23H23N3O4S/c27-21(11-12-25-18-8-2-3-9-19(18)30-15-22(25)28)26(14-16-6-5-13-29-16)23-24-17-7-1-4-10-20(17)31-23/h1-4,7-10,16H,5-6,11-15H2. The molecule has 0 spiro atoms. The number of rotatable bonds is 6. The summed E-state index contributed by atoms with van der Waals surface area (Å²) in [5, 5.41) is 0.676. The maximum atomic E-state index is 13.3. The zero-order valence-electron chi connectivity index (χ0n) is 17.0. The normalized spacial score (nSPS) is 18.1. The van der Waals surface area contributed by atoms with Crippen molar-refractivity contribution in [1.82, 2.24) is 4.98 Å². The largest absolute Gasteiger partial charge is 0.482 e. The number of anilines is 2. The highest BCUT2D eigenvalue weighted by molar-refractivity contribution is 7.22. The van der Waals surface area contributed by atoms with Crippen LogP contribution in [0, 0.1) is 0 Å². The van der Waals surface area contributed by atoms with Crippen molar-refractivity contribution in [2.24, 2.45) is 0 Å². The molecule has 2 aliphatic heterocycles. The van der Waals surface area contributed by atoms with E-state index >= 15 is 0 Å². The number of hydrogen-bond donors (Lipinski definition) is 0. The van der Waals surface area contributed by atoms with E-state index in [4.69, 9.17) is 9.47 Å². The van der Waals surface area contributed by atoms with Crippen LogP contribution in [0.1, 0.15) is 19.3 Å². The summed E-state index contributed by atoms with van der Waals surface area (Å²) in [5.74, 6) is 0.459. The van der Waals surface area contributed by atoms with Crippen LogP contribution in [-0.2, 0) is 14.3 Å². The lowest BCUT2D eigenvalue weighted by molar-refractivity contribution is -0.121. The van der Waals surface area contributed by atoms with E-state index < -0.39 is 0 Å². The van der Waals surface area contributed by atoms with Gasteiger partial charge < -0.3 is 14.4 Å². The number of hydrogen-bond acceptors (Lipinski definition) is 6. The smallest absolute Gasteiger partial charge is 0.265 e. The summed E-state index contributed by atoms with van der Waals surface area (Å²) < 4.78 is 12.3. The van der Waals surface area contributed by atoms with Gasteiger partial charge in [0.25, 0.3) is 5.91 Å². The monoisotopic (exact) mass is 437 g/mol. The van der Waals surface area contributed by atoms with E-state index in [9.17, 15) is 9.59 Å². The Balaban J connectivity index is 1.36. The highest BCUT2D eigenvalue weighted by atomic mass is 32.1. The Morgan fingerprint density at radius 1 is 1.19 bits per heavy atom. The van der Waals surface area contributed by atoms with Crippen LogP contribution in [0.4, 0.5) is 10.8 Å². The van der Waals surface area contributed by atoms with Gasteiger partial charge in [0, 0.05) is 19.6 Å². The Hall–Kier alpha value is -2.97. The molecule has 8 heteroatoms. The first-order chi connectivity index (χ1) is 15.2. The fraction of sp³-hybridized carbons (Fsp3) is 0.348. The van der Waals surface area contributed by atoms with Crippen LogP contribution in [0.3, 0.4) is 0 Å². The van der Waals surface area contributed by atoms with Crippen molar-refractivity contribution in [2.75, 3.05) is 36.1 Å². The summed E-state index contributed by atoms with van der Waals surface area (Å²) in [6.45, 7) is 1.49. The number of benzene rings is 2. The maximum Gasteiger partial charge on any atom is 0.265 e. The number of ether oxygens (including phenoxy) is 2. The molecule has 1 aromatic heterocycles. The minimum Gasteiger partial charge on any atom is -0.482 e. The first kappa shape index (κ1) is 20.0. The van der Waals surface area contributed by atoms with E-state index in [1.807, 2.05) is 48.5 Å². The average Bonchev–Trinajstić information content (AvgIpc) is 3.46. The van der Waals surface area contributed by atoms with Crippen molar-refractivity contribution in [1.29, 1.82) is 0 Å². The number of amides is 2. The van der Waals surface area contributed by atoms with Gasteiger partial charge in [-0.15, -0.1) is 0 Å². The van der Waals surface area contributed by atoms with E-state index in [1.54, 1.807) is 9.80 Å². The van der Waals surface area contributed by atoms with Crippen LogP contribution in [0.25, 0.3) is 10.2 Å². The first-order valence-electron chi connectivity index (χ1n) is 10.5. The summed E-state index contributed by atoms with van der Waals surface area (Å²) in [4.78, 5) is 33.8. The number of thiazole rings is 1. The van der Waals surface area contributed by atoms with Gasteiger partial charge >= 0.3 is 0 Å². The Kier molecular flexibility index (Phi) is 5.57. The molecule has 2 aliphatic rings. The number of nitrogens with zero attached hydrogens (tertiary/aromatic N) is 3. The van der Waals surface area contributed by atoms with Crippen LogP contribution < -0.4 is 14.5 Å². The van der Waals surface area contributed by atoms with E-state index in [1.165, 1.54) is 11.3 Å². The van der Waals surface area contributed by atoms with Gasteiger partial charge in [-0.25, -0.2) is 4.98 Å². The second kappa shape index (κ2) is 8.64. The van der Waals surface area contributed by atoms with E-state index in [2.05, 4.69) is 4.98 Å². The van der Waals surface area contributed by atoms with E-state index in [0.717, 1.165) is 29.7 Å². The Labute approximate surface area is 184 Å². The van der Waals surface area contributed by atoms with Crippen molar-refractivity contribution < 1.29 is 19.1 Å². The van der Waals surface area contributed by atoms with Gasteiger partial charge in [0.15, 0.2) is 11.7 Å². The second-order valence-electron chi connectivity index (χ2n) is 7.66. The highest BCUT2D eigenvalue weighted by Gasteiger charge is 2.29. The van der Waals surface area contributed by atoms with E-state index in [0.29, 0.717) is 29.7 Å². The summed E-state index contributed by atoms with van der Waals surface area (Å²) >= 11 is 1.51. The molecule has 1 saturated heterocycles. The third-order valence-corrected chi connectivity index (χ3v) is 6.64. The SMILES string of the molecule is O=C(CCN1C(=O)COc2ccccc21)N(CC1CCCO1)c1nc2ccccc2s1. The quantitative estimate of drug-likeness (QED) is 0.589. The minimum atomic E-state index is -0.142. The fourth-order valence-corrected chi connectivity index (χ4v) is 4.99. The second-order valence-corrected chi connectivity index (χ2v) is 8.66. The lowest BCUT2D eigenvalue weighted by atomic mass is 10.2. The molecule has 1 unspecified atom stereocenters. The van der Waals surface area contributed by atoms with Crippen LogP contribution in [0.15, 0.2) is 48.5 Å². The van der Waals surface area contributed by atoms with Crippen LogP contribution in [0.5, 0.6) is 5.75 Å². The van der Waals surface area contributed by atoms with Crippen molar-refractivity contribution in [3.8, 4) is 5.75 Å². The van der Waals surface area contributed by atoms with Gasteiger partial charge in [-0.1, -0.05) is 35.6 Å². The van der Waals surface area contributed by atoms with Crippen molar-refractivity contribution in [2.45, 2.75) is 25.4 Å². The molecule has 1 fully saturated rings. The van der Waals surface area contributed by atoms with Crippen LogP contribution >= 0.6 is 11.3 Å². The molecule has 5 rings (SSSR count). The molecule has 0 bridgehead atoms. The molecule has 2 amide bonds. The predicted octanol–water partition coefficient (Wildman–Crippen LogP) is 3.62. The van der Waals surface area contributed by atoms with Gasteiger partial charge in [-0.05, 0) is 37.1 Å². The number of fused-ring (bicyclic) bond motifs is 2. The Bertz CT molecular complexity index is 1080. The molecule has 0 N–H and O–H groups in total. The topological polar surface area (TPSA) is 72.0 Å². The summed E-state index contributed by atoms with van der Waals surface area (Å²) in [5.41, 5.74) is 1.59. The molecule has 0 saturated carbocycles. The van der Waals surface area contributed by atoms with Gasteiger partial charge in [-0.2, -0.15) is 0 Å². The molecule has 31 heavy (non-hydrogen) atoms. The minimum absolute atomic E-state index is 0.0112. The Morgan fingerprint density at radius 2 is 2.03 bits per heavy atom. The van der Waals surface area contributed by atoms with Crippen LogP contribution in [-0.4, -0.2) is 49.2 Å². The lowest BCUT2D eigenvalue weighted by Crippen LogP contribution is -2.43. The van der Waals surface area contributed by atoms with Crippen molar-refractivity contribution >= 4 is 44.2 Å². The number of aromatic nitrogens is 1. The van der Waals surface area contributed by atoms with E-state index in [-0.39, 0.29) is 30.9 Å². The Morgan fingerprint density at radius 3 is 2.87 bits per heavy atom. The molecule has 1 atom stereocenters.